The number of rotatable bonds is 4. The molecule has 0 amide bonds. The van der Waals surface area contributed by atoms with Gasteiger partial charge in [-0.1, -0.05) is 15.9 Å². The molecule has 5 rings (SSSR count). The van der Waals surface area contributed by atoms with Crippen molar-refractivity contribution in [1.82, 2.24) is 19.3 Å². The number of halogens is 1. The number of hydrogen-bond acceptors (Lipinski definition) is 6. The van der Waals surface area contributed by atoms with Gasteiger partial charge in [-0.25, -0.2) is 17.7 Å². The molecular weight excluding hydrogens is 506 g/mol. The minimum absolute atomic E-state index is 0.0864. The van der Waals surface area contributed by atoms with E-state index in [2.05, 4.69) is 31.2 Å². The first-order valence-electron chi connectivity index (χ1n) is 10.6. The molecule has 0 aliphatic carbocycles. The van der Waals surface area contributed by atoms with Crippen molar-refractivity contribution in [2.45, 2.75) is 18.9 Å². The number of fused-ring (bicyclic) bond motifs is 3. The van der Waals surface area contributed by atoms with Gasteiger partial charge < -0.3 is 10.3 Å². The summed E-state index contributed by atoms with van der Waals surface area (Å²) in [6.45, 7) is 0.903. The van der Waals surface area contributed by atoms with Crippen LogP contribution in [-0.2, 0) is 10.0 Å². The summed E-state index contributed by atoms with van der Waals surface area (Å²) < 4.78 is 26.5. The summed E-state index contributed by atoms with van der Waals surface area (Å²) in [4.78, 5) is 24.8. The van der Waals surface area contributed by atoms with Crippen molar-refractivity contribution >= 4 is 53.4 Å². The van der Waals surface area contributed by atoms with Gasteiger partial charge in [0.1, 0.15) is 5.82 Å². The highest BCUT2D eigenvalue weighted by Crippen LogP contribution is 2.34. The lowest BCUT2D eigenvalue weighted by molar-refractivity contribution is 0.329. The normalized spacial score (nSPS) is 17.5. The van der Waals surface area contributed by atoms with Crippen LogP contribution in [-0.4, -0.2) is 53.1 Å². The maximum atomic E-state index is 12.9. The van der Waals surface area contributed by atoms with E-state index in [1.165, 1.54) is 10.6 Å². The average Bonchev–Trinajstić information content (AvgIpc) is 2.79. The fourth-order valence-electron chi connectivity index (χ4n) is 4.40. The molecule has 0 spiro atoms. The molecule has 0 unspecified atom stereocenters. The smallest absolute Gasteiger partial charge is 0.258 e. The van der Waals surface area contributed by atoms with Gasteiger partial charge in [-0.3, -0.25) is 9.78 Å². The fraction of sp³-hybridized carbons (Fsp3) is 0.261. The molecule has 1 aliphatic rings. The number of benzene rings is 1. The van der Waals surface area contributed by atoms with Crippen LogP contribution in [0, 0.1) is 0 Å². The van der Waals surface area contributed by atoms with Gasteiger partial charge in [0.25, 0.3) is 5.56 Å². The van der Waals surface area contributed by atoms with Crippen LogP contribution in [0.1, 0.15) is 12.8 Å². The zero-order chi connectivity index (χ0) is 23.2. The van der Waals surface area contributed by atoms with Crippen molar-refractivity contribution in [3.63, 3.8) is 0 Å². The van der Waals surface area contributed by atoms with Gasteiger partial charge in [-0.15, -0.1) is 0 Å². The molecule has 0 saturated carbocycles. The van der Waals surface area contributed by atoms with Crippen molar-refractivity contribution in [2.75, 3.05) is 24.7 Å². The largest absolute Gasteiger partial charge is 0.365 e. The van der Waals surface area contributed by atoms with E-state index in [4.69, 9.17) is 4.98 Å². The molecule has 0 bridgehead atoms. The predicted molar refractivity (Wildman–Crippen MR) is 134 cm³/mol. The van der Waals surface area contributed by atoms with E-state index < -0.39 is 10.0 Å². The minimum atomic E-state index is -3.27. The summed E-state index contributed by atoms with van der Waals surface area (Å²) >= 11 is 3.52. The molecule has 0 radical (unpaired) electrons. The first-order chi connectivity index (χ1) is 15.8. The molecule has 2 N–H and O–H groups in total. The second-order valence-corrected chi connectivity index (χ2v) is 11.1. The molecule has 170 valence electrons. The van der Waals surface area contributed by atoms with Gasteiger partial charge >= 0.3 is 0 Å². The van der Waals surface area contributed by atoms with E-state index in [0.29, 0.717) is 29.8 Å². The molecule has 33 heavy (non-hydrogen) atoms. The van der Waals surface area contributed by atoms with E-state index in [1.54, 1.807) is 18.6 Å². The van der Waals surface area contributed by atoms with Crippen LogP contribution in [0.15, 0.2) is 58.2 Å². The molecule has 8 nitrogen and oxygen atoms in total. The Hall–Kier alpha value is -2.82. The highest BCUT2D eigenvalue weighted by molar-refractivity contribution is 9.10. The molecule has 3 aromatic heterocycles. The van der Waals surface area contributed by atoms with Gasteiger partial charge in [0.2, 0.25) is 10.0 Å². The van der Waals surface area contributed by atoms with Crippen molar-refractivity contribution < 1.29 is 8.42 Å². The lowest BCUT2D eigenvalue weighted by atomic mass is 10.0. The van der Waals surface area contributed by atoms with Crippen molar-refractivity contribution in [1.29, 1.82) is 0 Å². The Labute approximate surface area is 199 Å². The first-order valence-corrected chi connectivity index (χ1v) is 13.2. The zero-order valence-electron chi connectivity index (χ0n) is 17.9. The van der Waals surface area contributed by atoms with E-state index >= 15 is 0 Å². The lowest BCUT2D eigenvalue weighted by Crippen LogP contribution is -2.44. The molecule has 1 aromatic carbocycles. The SMILES string of the molecule is CS(=O)(=O)N1CCC[C@H](Nc2nc3c(-c4ccncc4)c[nH]c(=O)c3c3cc(Br)ccc23)C1. The van der Waals surface area contributed by atoms with Gasteiger partial charge in [-0.05, 0) is 48.7 Å². The summed E-state index contributed by atoms with van der Waals surface area (Å²) in [6, 6.07) is 9.41. The van der Waals surface area contributed by atoms with Crippen LogP contribution in [0.2, 0.25) is 0 Å². The lowest BCUT2D eigenvalue weighted by Gasteiger charge is -2.32. The average molecular weight is 528 g/mol. The summed E-state index contributed by atoms with van der Waals surface area (Å²) in [5.41, 5.74) is 2.04. The van der Waals surface area contributed by atoms with Gasteiger partial charge in [0.15, 0.2) is 0 Å². The van der Waals surface area contributed by atoms with E-state index in [0.717, 1.165) is 39.2 Å². The molecule has 4 heterocycles. The minimum Gasteiger partial charge on any atom is -0.365 e. The predicted octanol–water partition coefficient (Wildman–Crippen LogP) is 3.74. The molecule has 1 saturated heterocycles. The Bertz CT molecular complexity index is 1520. The van der Waals surface area contributed by atoms with Gasteiger partial charge in [0.05, 0.1) is 17.2 Å². The highest BCUT2D eigenvalue weighted by atomic mass is 79.9. The van der Waals surface area contributed by atoms with E-state index in [-0.39, 0.29) is 11.6 Å². The second-order valence-electron chi connectivity index (χ2n) is 8.25. The van der Waals surface area contributed by atoms with Crippen LogP contribution in [0.5, 0.6) is 0 Å². The number of pyridine rings is 3. The van der Waals surface area contributed by atoms with Crippen LogP contribution >= 0.6 is 15.9 Å². The molecule has 10 heteroatoms. The van der Waals surface area contributed by atoms with Gasteiger partial charge in [-0.2, -0.15) is 0 Å². The molecule has 1 fully saturated rings. The molecule has 1 aliphatic heterocycles. The van der Waals surface area contributed by atoms with Gasteiger partial charge in [0, 0.05) is 58.5 Å². The first kappa shape index (κ1) is 22.0. The topological polar surface area (TPSA) is 108 Å². The van der Waals surface area contributed by atoms with E-state index in [1.807, 2.05) is 30.3 Å². The summed E-state index contributed by atoms with van der Waals surface area (Å²) in [7, 11) is -3.27. The molecule has 4 aromatic rings. The van der Waals surface area contributed by atoms with Crippen LogP contribution in [0.3, 0.4) is 0 Å². The standard InChI is InChI=1S/C23H22BrN5O3S/c1-33(31,32)29-10-2-3-16(13-29)27-22-17-5-4-15(24)11-18(17)20-21(28-22)19(12-26-23(20)30)14-6-8-25-9-7-14/h4-9,11-12,16H,2-3,10,13H2,1H3,(H,26,30)(H,27,28)/t16-/m0/s1. The Morgan fingerprint density at radius 2 is 1.97 bits per heavy atom. The number of aromatic nitrogens is 3. The number of hydrogen-bond donors (Lipinski definition) is 2. The number of nitrogens with zero attached hydrogens (tertiary/aromatic N) is 3. The van der Waals surface area contributed by atoms with Crippen LogP contribution in [0.25, 0.3) is 32.8 Å². The third-order valence-electron chi connectivity index (χ3n) is 5.98. The number of H-pyrrole nitrogens is 1. The summed E-state index contributed by atoms with van der Waals surface area (Å²) in [5.74, 6) is 0.631. The Morgan fingerprint density at radius 3 is 2.73 bits per heavy atom. The number of sulfonamides is 1. The third kappa shape index (κ3) is 4.25. The monoisotopic (exact) mass is 527 g/mol. The summed E-state index contributed by atoms with van der Waals surface area (Å²) in [6.07, 6.45) is 7.91. The Kier molecular flexibility index (Phi) is 5.67. The van der Waals surface area contributed by atoms with Crippen LogP contribution in [0.4, 0.5) is 5.82 Å². The van der Waals surface area contributed by atoms with Crippen molar-refractivity contribution in [2.24, 2.45) is 0 Å². The van der Waals surface area contributed by atoms with E-state index in [9.17, 15) is 13.2 Å². The number of piperidine rings is 1. The fourth-order valence-corrected chi connectivity index (χ4v) is 5.68. The number of aromatic amines is 1. The summed E-state index contributed by atoms with van der Waals surface area (Å²) in [5, 5.41) is 5.56. The quantitative estimate of drug-likeness (QED) is 0.391. The third-order valence-corrected chi connectivity index (χ3v) is 7.74. The van der Waals surface area contributed by atoms with Crippen molar-refractivity contribution in [3.05, 3.63) is 63.7 Å². The maximum absolute atomic E-state index is 12.9. The highest BCUT2D eigenvalue weighted by Gasteiger charge is 2.27. The zero-order valence-corrected chi connectivity index (χ0v) is 20.3. The number of nitrogens with one attached hydrogen (secondary N) is 2. The van der Waals surface area contributed by atoms with Crippen molar-refractivity contribution in [3.8, 4) is 11.1 Å². The Balaban J connectivity index is 1.71. The second kappa shape index (κ2) is 8.51. The molecule has 1 atom stereocenters. The van der Waals surface area contributed by atoms with Crippen LogP contribution < -0.4 is 10.9 Å². The maximum Gasteiger partial charge on any atom is 0.258 e. The Morgan fingerprint density at radius 1 is 1.18 bits per heavy atom. The molecular formula is C23H22BrN5O3S. The number of anilines is 1.